The normalized spacial score (nSPS) is 11.5. The molecule has 0 aromatic heterocycles. The lowest BCUT2D eigenvalue weighted by atomic mass is 10.1. The van der Waals surface area contributed by atoms with Gasteiger partial charge in [0.1, 0.15) is 5.75 Å². The highest BCUT2D eigenvalue weighted by Gasteiger charge is 2.29. The van der Waals surface area contributed by atoms with Gasteiger partial charge in [-0.15, -0.1) is 0 Å². The van der Waals surface area contributed by atoms with E-state index in [0.29, 0.717) is 0 Å². The van der Waals surface area contributed by atoms with E-state index in [0.717, 1.165) is 0 Å². The molecule has 0 bridgehead atoms. The van der Waals surface area contributed by atoms with Crippen LogP contribution in [0.2, 0.25) is 5.02 Å². The van der Waals surface area contributed by atoms with E-state index < -0.39 is 12.6 Å². The van der Waals surface area contributed by atoms with Crippen molar-refractivity contribution in [2.45, 2.75) is 12.6 Å². The molecule has 0 saturated carbocycles. The quantitative estimate of drug-likeness (QED) is 0.805. The summed E-state index contributed by atoms with van der Waals surface area (Å²) >= 11 is 5.65. The van der Waals surface area contributed by atoms with Gasteiger partial charge in [-0.1, -0.05) is 11.6 Å². The topological polar surface area (TPSA) is 35.2 Å². The summed E-state index contributed by atoms with van der Waals surface area (Å²) in [6, 6.07) is 2.45. The molecule has 0 heterocycles. The molecule has 0 spiro atoms. The maximum atomic E-state index is 12.1. The second-order valence-electron chi connectivity index (χ2n) is 2.98. The average Bonchev–Trinajstić information content (AvgIpc) is 2.08. The van der Waals surface area contributed by atoms with Gasteiger partial charge < -0.3 is 10.5 Å². The van der Waals surface area contributed by atoms with Gasteiger partial charge in [-0.3, -0.25) is 0 Å². The Balaban J connectivity index is 3.05. The molecular weight excluding hydrogens is 231 g/mol. The molecule has 84 valence electrons. The minimum Gasteiger partial charge on any atom is -0.495 e. The van der Waals surface area contributed by atoms with Crippen LogP contribution in [0, 0.1) is 0 Å². The highest BCUT2D eigenvalue weighted by atomic mass is 35.5. The first-order valence-electron chi connectivity index (χ1n) is 4.02. The van der Waals surface area contributed by atoms with E-state index in [-0.39, 0.29) is 22.0 Å². The van der Waals surface area contributed by atoms with Crippen LogP contribution in [0.3, 0.4) is 0 Å². The number of alkyl halides is 3. The smallest absolute Gasteiger partial charge is 0.393 e. The van der Waals surface area contributed by atoms with Crippen molar-refractivity contribution in [2.75, 3.05) is 12.8 Å². The Morgan fingerprint density at radius 2 is 2.00 bits per heavy atom. The number of nitrogens with two attached hydrogens (primary N) is 1. The predicted molar refractivity (Wildman–Crippen MR) is 52.2 cm³/mol. The summed E-state index contributed by atoms with van der Waals surface area (Å²) in [5.41, 5.74) is 5.56. The number of hydrogen-bond donors (Lipinski definition) is 1. The average molecular weight is 240 g/mol. The zero-order valence-corrected chi connectivity index (χ0v) is 8.62. The van der Waals surface area contributed by atoms with Crippen molar-refractivity contribution in [1.29, 1.82) is 0 Å². The second kappa shape index (κ2) is 4.18. The molecule has 0 unspecified atom stereocenters. The Hall–Kier alpha value is -1.10. The second-order valence-corrected chi connectivity index (χ2v) is 3.38. The Labute approximate surface area is 89.8 Å². The van der Waals surface area contributed by atoms with Gasteiger partial charge in [0.2, 0.25) is 0 Å². The maximum absolute atomic E-state index is 12.1. The molecule has 0 aliphatic carbocycles. The fraction of sp³-hybridized carbons (Fsp3) is 0.333. The molecule has 1 aromatic rings. The van der Waals surface area contributed by atoms with Gasteiger partial charge in [0, 0.05) is 11.1 Å². The summed E-state index contributed by atoms with van der Waals surface area (Å²) in [4.78, 5) is 0. The van der Waals surface area contributed by atoms with Crippen molar-refractivity contribution < 1.29 is 17.9 Å². The van der Waals surface area contributed by atoms with Crippen molar-refractivity contribution in [1.82, 2.24) is 0 Å². The molecule has 15 heavy (non-hydrogen) atoms. The van der Waals surface area contributed by atoms with Crippen LogP contribution in [0.5, 0.6) is 5.75 Å². The Morgan fingerprint density at radius 3 is 2.47 bits per heavy atom. The van der Waals surface area contributed by atoms with E-state index in [1.807, 2.05) is 0 Å². The van der Waals surface area contributed by atoms with Crippen LogP contribution in [0.1, 0.15) is 5.56 Å². The standard InChI is InChI=1S/C9H9ClF3NO/c1-15-8-3-6(10)5(2-7(8)14)4-9(11,12)13/h2-3H,4,14H2,1H3. The zero-order chi connectivity index (χ0) is 11.6. The molecule has 0 radical (unpaired) electrons. The van der Waals surface area contributed by atoms with Gasteiger partial charge in [0.05, 0.1) is 19.2 Å². The van der Waals surface area contributed by atoms with Crippen molar-refractivity contribution in [3.05, 3.63) is 22.7 Å². The number of nitrogen functional groups attached to an aromatic ring is 1. The van der Waals surface area contributed by atoms with Crippen LogP contribution in [0.15, 0.2) is 12.1 Å². The molecule has 0 aliphatic heterocycles. The minimum atomic E-state index is -4.30. The van der Waals surface area contributed by atoms with Crippen LogP contribution in [-0.4, -0.2) is 13.3 Å². The van der Waals surface area contributed by atoms with Gasteiger partial charge in [0.15, 0.2) is 0 Å². The third-order valence-corrected chi connectivity index (χ3v) is 2.14. The monoisotopic (exact) mass is 239 g/mol. The summed E-state index contributed by atoms with van der Waals surface area (Å²) in [7, 11) is 1.37. The molecule has 2 nitrogen and oxygen atoms in total. The minimum absolute atomic E-state index is 0.00150. The van der Waals surface area contributed by atoms with Crippen molar-refractivity contribution >= 4 is 17.3 Å². The van der Waals surface area contributed by atoms with E-state index in [9.17, 15) is 13.2 Å². The first-order valence-corrected chi connectivity index (χ1v) is 4.40. The Kier molecular flexibility index (Phi) is 3.34. The maximum Gasteiger partial charge on any atom is 0.393 e. The fourth-order valence-corrected chi connectivity index (χ4v) is 1.37. The predicted octanol–water partition coefficient (Wildman–Crippen LogP) is 3.04. The van der Waals surface area contributed by atoms with E-state index in [1.165, 1.54) is 19.2 Å². The molecule has 1 aromatic carbocycles. The fourth-order valence-electron chi connectivity index (χ4n) is 1.15. The summed E-state index contributed by atoms with van der Waals surface area (Å²) < 4.78 is 41.1. The first-order chi connectivity index (χ1) is 6.83. The number of rotatable bonds is 2. The third kappa shape index (κ3) is 3.20. The summed E-state index contributed by atoms with van der Waals surface area (Å²) in [5.74, 6) is 0.269. The zero-order valence-electron chi connectivity index (χ0n) is 7.86. The van der Waals surface area contributed by atoms with Crippen molar-refractivity contribution in [2.24, 2.45) is 0 Å². The SMILES string of the molecule is COc1cc(Cl)c(CC(F)(F)F)cc1N. The molecule has 6 heteroatoms. The highest BCUT2D eigenvalue weighted by molar-refractivity contribution is 6.31. The summed E-state index contributed by atoms with van der Waals surface area (Å²) in [6.45, 7) is 0. The van der Waals surface area contributed by atoms with E-state index in [2.05, 4.69) is 0 Å². The number of hydrogen-bond acceptors (Lipinski definition) is 2. The van der Waals surface area contributed by atoms with Crippen molar-refractivity contribution in [3.63, 3.8) is 0 Å². The first kappa shape index (κ1) is 12.0. The van der Waals surface area contributed by atoms with Crippen LogP contribution in [-0.2, 0) is 6.42 Å². The molecule has 0 fully saturated rings. The molecule has 1 rings (SSSR count). The summed E-state index contributed by atoms with van der Waals surface area (Å²) in [6.07, 6.45) is -5.40. The Bertz CT molecular complexity index is 365. The third-order valence-electron chi connectivity index (χ3n) is 1.79. The van der Waals surface area contributed by atoms with Crippen LogP contribution in [0.25, 0.3) is 0 Å². The van der Waals surface area contributed by atoms with E-state index in [1.54, 1.807) is 0 Å². The number of ether oxygens (including phenoxy) is 1. The Morgan fingerprint density at radius 1 is 1.40 bits per heavy atom. The molecule has 0 atom stereocenters. The van der Waals surface area contributed by atoms with Crippen LogP contribution >= 0.6 is 11.6 Å². The number of methoxy groups -OCH3 is 1. The molecule has 0 aliphatic rings. The van der Waals surface area contributed by atoms with Crippen LogP contribution in [0.4, 0.5) is 18.9 Å². The van der Waals surface area contributed by atoms with Crippen LogP contribution < -0.4 is 10.5 Å². The molecule has 0 saturated heterocycles. The number of benzene rings is 1. The van der Waals surface area contributed by atoms with Gasteiger partial charge in [-0.05, 0) is 11.6 Å². The lowest BCUT2D eigenvalue weighted by molar-refractivity contribution is -0.127. The number of anilines is 1. The summed E-state index contributed by atoms with van der Waals surface area (Å²) in [5, 5.41) is -0.00150. The largest absolute Gasteiger partial charge is 0.495 e. The molecule has 0 amide bonds. The lowest BCUT2D eigenvalue weighted by Gasteiger charge is -2.11. The molecule has 2 N–H and O–H groups in total. The van der Waals surface area contributed by atoms with E-state index in [4.69, 9.17) is 22.1 Å². The number of halogens is 4. The van der Waals surface area contributed by atoms with Gasteiger partial charge in [0.25, 0.3) is 0 Å². The highest BCUT2D eigenvalue weighted by Crippen LogP contribution is 2.32. The van der Waals surface area contributed by atoms with Crippen molar-refractivity contribution in [3.8, 4) is 5.75 Å². The van der Waals surface area contributed by atoms with Gasteiger partial charge >= 0.3 is 6.18 Å². The van der Waals surface area contributed by atoms with Gasteiger partial charge in [-0.25, -0.2) is 0 Å². The lowest BCUT2D eigenvalue weighted by Crippen LogP contribution is -2.12. The molecular formula is C9H9ClF3NO. The van der Waals surface area contributed by atoms with Gasteiger partial charge in [-0.2, -0.15) is 13.2 Å². The van der Waals surface area contributed by atoms with E-state index >= 15 is 0 Å².